The van der Waals surface area contributed by atoms with Gasteiger partial charge < -0.3 is 5.32 Å². The van der Waals surface area contributed by atoms with Crippen LogP contribution in [0.4, 0.5) is 5.13 Å². The third-order valence-electron chi connectivity index (χ3n) is 5.28. The van der Waals surface area contributed by atoms with Crippen LogP contribution in [0.2, 0.25) is 0 Å². The van der Waals surface area contributed by atoms with Gasteiger partial charge in [-0.3, -0.25) is 14.9 Å². The van der Waals surface area contributed by atoms with E-state index in [1.54, 1.807) is 12.1 Å². The quantitative estimate of drug-likeness (QED) is 0.312. The third kappa shape index (κ3) is 6.15. The van der Waals surface area contributed by atoms with E-state index < -0.39 is 6.04 Å². The lowest BCUT2D eigenvalue weighted by Gasteiger charge is -2.18. The Balaban J connectivity index is 1.50. The molecule has 0 aliphatic rings. The van der Waals surface area contributed by atoms with Crippen LogP contribution in [-0.2, 0) is 17.6 Å². The van der Waals surface area contributed by atoms with Gasteiger partial charge in [-0.1, -0.05) is 88.8 Å². The number of carbonyl (C=O) groups excluding carboxylic acids is 2. The van der Waals surface area contributed by atoms with Crippen molar-refractivity contribution in [2.75, 3.05) is 5.32 Å². The van der Waals surface area contributed by atoms with Gasteiger partial charge in [-0.05, 0) is 41.8 Å². The fourth-order valence-electron chi connectivity index (χ4n) is 3.37. The molecule has 0 spiro atoms. The van der Waals surface area contributed by atoms with Crippen molar-refractivity contribution in [3.63, 3.8) is 0 Å². The Morgan fingerprint density at radius 1 is 0.912 bits per heavy atom. The van der Waals surface area contributed by atoms with Crippen molar-refractivity contribution in [1.82, 2.24) is 15.5 Å². The Hall–Kier alpha value is -3.36. The molecule has 34 heavy (non-hydrogen) atoms. The Morgan fingerprint density at radius 3 is 2.29 bits per heavy atom. The minimum absolute atomic E-state index is 0.299. The maximum Gasteiger partial charge on any atom is 0.251 e. The Kier molecular flexibility index (Phi) is 7.82. The van der Waals surface area contributed by atoms with E-state index >= 15 is 0 Å². The van der Waals surface area contributed by atoms with E-state index in [0.717, 1.165) is 27.6 Å². The van der Waals surface area contributed by atoms with Crippen LogP contribution < -0.4 is 10.6 Å². The predicted molar refractivity (Wildman–Crippen MR) is 139 cm³/mol. The van der Waals surface area contributed by atoms with Crippen molar-refractivity contribution in [3.05, 3.63) is 100 Å². The molecular formula is C26H23BrN4O2S. The lowest BCUT2D eigenvalue weighted by atomic mass is 10.0. The van der Waals surface area contributed by atoms with Gasteiger partial charge in [0.15, 0.2) is 0 Å². The topological polar surface area (TPSA) is 84.0 Å². The van der Waals surface area contributed by atoms with E-state index in [1.165, 1.54) is 11.3 Å². The van der Waals surface area contributed by atoms with Crippen molar-refractivity contribution in [1.29, 1.82) is 0 Å². The molecule has 1 atom stereocenters. The van der Waals surface area contributed by atoms with Crippen molar-refractivity contribution in [2.24, 2.45) is 0 Å². The molecule has 0 saturated heterocycles. The molecule has 1 unspecified atom stereocenters. The summed E-state index contributed by atoms with van der Waals surface area (Å²) in [6, 6.07) is 23.9. The van der Waals surface area contributed by atoms with E-state index in [1.807, 2.05) is 66.7 Å². The van der Waals surface area contributed by atoms with Crippen LogP contribution in [0.1, 0.15) is 28.4 Å². The molecule has 172 valence electrons. The van der Waals surface area contributed by atoms with Gasteiger partial charge >= 0.3 is 0 Å². The minimum atomic E-state index is -0.777. The molecule has 4 aromatic rings. The molecule has 8 heteroatoms. The molecule has 2 amide bonds. The number of nitrogens with zero attached hydrogens (tertiary/aromatic N) is 2. The average Bonchev–Trinajstić information content (AvgIpc) is 3.33. The van der Waals surface area contributed by atoms with Gasteiger partial charge in [0.05, 0.1) is 0 Å². The highest BCUT2D eigenvalue weighted by Gasteiger charge is 2.23. The molecule has 0 radical (unpaired) electrons. The molecule has 0 bridgehead atoms. The average molecular weight is 535 g/mol. The van der Waals surface area contributed by atoms with Gasteiger partial charge in [-0.2, -0.15) is 0 Å². The Bertz CT molecular complexity index is 1260. The number of carbonyl (C=O) groups is 2. The summed E-state index contributed by atoms with van der Waals surface area (Å²) in [6.45, 7) is 2.06. The van der Waals surface area contributed by atoms with Gasteiger partial charge in [-0.25, -0.2) is 0 Å². The smallest absolute Gasteiger partial charge is 0.251 e. The second-order valence-corrected chi connectivity index (χ2v) is 9.57. The number of hydrogen-bond acceptors (Lipinski definition) is 5. The first kappa shape index (κ1) is 23.8. The van der Waals surface area contributed by atoms with Crippen LogP contribution in [0.25, 0.3) is 10.6 Å². The Labute approximate surface area is 210 Å². The second kappa shape index (κ2) is 11.2. The number of anilines is 1. The molecule has 0 aliphatic heterocycles. The standard InChI is InChI=1S/C26H23BrN4O2S/c1-2-17-8-10-19(11-9-17)23(32)28-22(16-18-6-4-3-5-7-18)24(33)29-26-31-30-25(34-26)20-12-14-21(27)15-13-20/h3-15,22H,2,16H2,1H3,(H,28,32)(H,29,31,33). The van der Waals surface area contributed by atoms with E-state index in [9.17, 15) is 9.59 Å². The minimum Gasteiger partial charge on any atom is -0.340 e. The maximum atomic E-state index is 13.2. The fourth-order valence-corrected chi connectivity index (χ4v) is 4.38. The normalized spacial score (nSPS) is 11.6. The largest absolute Gasteiger partial charge is 0.340 e. The molecule has 0 aliphatic carbocycles. The van der Waals surface area contributed by atoms with Crippen LogP contribution in [0, 0.1) is 0 Å². The van der Waals surface area contributed by atoms with E-state index in [2.05, 4.69) is 43.7 Å². The number of hydrogen-bond donors (Lipinski definition) is 2. The first-order valence-corrected chi connectivity index (χ1v) is 12.5. The summed E-state index contributed by atoms with van der Waals surface area (Å²) in [5.41, 5.74) is 3.51. The van der Waals surface area contributed by atoms with Gasteiger partial charge in [-0.15, -0.1) is 10.2 Å². The molecule has 0 saturated carbocycles. The zero-order chi connectivity index (χ0) is 23.9. The molecule has 4 rings (SSSR count). The lowest BCUT2D eigenvalue weighted by molar-refractivity contribution is -0.118. The van der Waals surface area contributed by atoms with Crippen LogP contribution in [0.15, 0.2) is 83.3 Å². The summed E-state index contributed by atoms with van der Waals surface area (Å²) in [4.78, 5) is 26.1. The highest BCUT2D eigenvalue weighted by Crippen LogP contribution is 2.27. The fraction of sp³-hybridized carbons (Fsp3) is 0.154. The van der Waals surface area contributed by atoms with Gasteiger partial charge in [0.25, 0.3) is 5.91 Å². The number of aryl methyl sites for hydroxylation is 1. The van der Waals surface area contributed by atoms with Crippen LogP contribution in [0.3, 0.4) is 0 Å². The number of nitrogens with one attached hydrogen (secondary N) is 2. The van der Waals surface area contributed by atoms with E-state index in [-0.39, 0.29) is 11.8 Å². The zero-order valence-electron chi connectivity index (χ0n) is 18.5. The van der Waals surface area contributed by atoms with Gasteiger partial charge in [0.2, 0.25) is 11.0 Å². The highest BCUT2D eigenvalue weighted by molar-refractivity contribution is 9.10. The zero-order valence-corrected chi connectivity index (χ0v) is 20.9. The molecule has 3 aromatic carbocycles. The van der Waals surface area contributed by atoms with Crippen LogP contribution >= 0.6 is 27.3 Å². The van der Waals surface area contributed by atoms with Crippen molar-refractivity contribution in [2.45, 2.75) is 25.8 Å². The number of halogens is 1. The van der Waals surface area contributed by atoms with Crippen molar-refractivity contribution in [3.8, 4) is 10.6 Å². The number of benzene rings is 3. The summed E-state index contributed by atoms with van der Waals surface area (Å²) in [5, 5.41) is 15.1. The van der Waals surface area contributed by atoms with Gasteiger partial charge in [0, 0.05) is 22.0 Å². The molecule has 0 fully saturated rings. The summed E-state index contributed by atoms with van der Waals surface area (Å²) < 4.78 is 0.970. The molecule has 1 heterocycles. The van der Waals surface area contributed by atoms with Crippen molar-refractivity contribution >= 4 is 44.2 Å². The number of rotatable bonds is 8. The van der Waals surface area contributed by atoms with E-state index in [0.29, 0.717) is 22.1 Å². The molecule has 1 aromatic heterocycles. The van der Waals surface area contributed by atoms with Crippen LogP contribution in [0.5, 0.6) is 0 Å². The SMILES string of the molecule is CCc1ccc(C(=O)NC(Cc2ccccc2)C(=O)Nc2nnc(-c3ccc(Br)cc3)s2)cc1. The first-order valence-electron chi connectivity index (χ1n) is 10.9. The van der Waals surface area contributed by atoms with Crippen molar-refractivity contribution < 1.29 is 9.59 Å². The lowest BCUT2D eigenvalue weighted by Crippen LogP contribution is -2.45. The highest BCUT2D eigenvalue weighted by atomic mass is 79.9. The number of aromatic nitrogens is 2. The summed E-state index contributed by atoms with van der Waals surface area (Å²) in [6.07, 6.45) is 1.24. The molecule has 2 N–H and O–H groups in total. The molecule has 6 nitrogen and oxygen atoms in total. The maximum absolute atomic E-state index is 13.2. The summed E-state index contributed by atoms with van der Waals surface area (Å²) in [7, 11) is 0. The first-order chi connectivity index (χ1) is 16.5. The summed E-state index contributed by atoms with van der Waals surface area (Å²) in [5.74, 6) is -0.646. The third-order valence-corrected chi connectivity index (χ3v) is 6.69. The number of amides is 2. The molecular weight excluding hydrogens is 512 g/mol. The Morgan fingerprint density at radius 2 is 1.62 bits per heavy atom. The van der Waals surface area contributed by atoms with E-state index in [4.69, 9.17) is 0 Å². The van der Waals surface area contributed by atoms with Gasteiger partial charge in [0.1, 0.15) is 11.0 Å². The predicted octanol–water partition coefficient (Wildman–Crippen LogP) is 5.51. The summed E-state index contributed by atoms with van der Waals surface area (Å²) >= 11 is 4.70. The second-order valence-electron chi connectivity index (χ2n) is 7.67. The van der Waals surface area contributed by atoms with Crippen LogP contribution in [-0.4, -0.2) is 28.1 Å². The monoisotopic (exact) mass is 534 g/mol.